The van der Waals surface area contributed by atoms with E-state index in [9.17, 15) is 8.42 Å². The van der Waals surface area contributed by atoms with Crippen LogP contribution >= 0.6 is 0 Å². The first-order valence-corrected chi connectivity index (χ1v) is 3.82. The Morgan fingerprint density at radius 2 is 2.12 bits per heavy atom. The van der Waals surface area contributed by atoms with Gasteiger partial charge >= 0.3 is 0 Å². The van der Waals surface area contributed by atoms with Gasteiger partial charge in [-0.2, -0.15) is 0 Å². The van der Waals surface area contributed by atoms with Crippen molar-refractivity contribution in [2.75, 3.05) is 0 Å². The molecule has 0 aromatic rings. The van der Waals surface area contributed by atoms with Gasteiger partial charge in [-0.1, -0.05) is 13.3 Å². The van der Waals surface area contributed by atoms with Gasteiger partial charge in [0.1, 0.15) is 5.37 Å². The van der Waals surface area contributed by atoms with Gasteiger partial charge in [0.05, 0.1) is 0 Å². The van der Waals surface area contributed by atoms with Crippen LogP contribution < -0.4 is 5.73 Å². The van der Waals surface area contributed by atoms with Gasteiger partial charge in [0.15, 0.2) is 10.7 Å². The molecule has 0 radical (unpaired) electrons. The lowest BCUT2D eigenvalue weighted by Gasteiger charge is -1.97. The van der Waals surface area contributed by atoms with Gasteiger partial charge in [-0.25, -0.2) is 8.42 Å². The lowest BCUT2D eigenvalue weighted by Crippen LogP contribution is -2.20. The second-order valence-corrected chi connectivity index (χ2v) is 2.88. The van der Waals surface area contributed by atoms with Crippen LogP contribution in [0.25, 0.3) is 0 Å². The Morgan fingerprint density at radius 1 is 1.62 bits per heavy atom. The molecule has 0 aliphatic carbocycles. The molecule has 0 heterocycles. The lowest BCUT2D eigenvalue weighted by molar-refractivity contribution is 0.592. The fourth-order valence-electron chi connectivity index (χ4n) is 0.401. The first-order chi connectivity index (χ1) is 3.68. The monoisotopic (exact) mass is 137 g/mol. The second kappa shape index (κ2) is 3.86. The van der Waals surface area contributed by atoms with Crippen LogP contribution in [-0.4, -0.2) is 13.8 Å². The standard InChI is InChI=1S/C4H11NO2S/c1-2-3-4(5)8(6)7/h4,8H,2-3,5H2,1H3. The van der Waals surface area contributed by atoms with E-state index >= 15 is 0 Å². The van der Waals surface area contributed by atoms with Crippen molar-refractivity contribution in [2.45, 2.75) is 25.1 Å². The third kappa shape index (κ3) is 2.98. The first-order valence-electron chi connectivity index (χ1n) is 2.57. The van der Waals surface area contributed by atoms with Crippen LogP contribution in [0.1, 0.15) is 19.8 Å². The summed E-state index contributed by atoms with van der Waals surface area (Å²) in [5, 5.41) is -0.630. The number of hydrogen-bond donors (Lipinski definition) is 2. The first kappa shape index (κ1) is 7.91. The van der Waals surface area contributed by atoms with E-state index in [0.29, 0.717) is 6.42 Å². The van der Waals surface area contributed by atoms with E-state index in [-0.39, 0.29) is 0 Å². The molecule has 2 N–H and O–H groups in total. The molecule has 3 nitrogen and oxygen atoms in total. The maximum Gasteiger partial charge on any atom is 0.155 e. The van der Waals surface area contributed by atoms with Crippen LogP contribution in [0.3, 0.4) is 0 Å². The minimum absolute atomic E-state index is 0.568. The summed E-state index contributed by atoms with van der Waals surface area (Å²) in [7, 11) is -2.39. The normalized spacial score (nSPS) is 14.4. The van der Waals surface area contributed by atoms with Crippen molar-refractivity contribution in [1.29, 1.82) is 0 Å². The summed E-state index contributed by atoms with van der Waals surface area (Å²) >= 11 is 0. The van der Waals surface area contributed by atoms with Gasteiger partial charge in [-0.05, 0) is 6.42 Å². The molecule has 0 saturated heterocycles. The SMILES string of the molecule is CCCC(N)[SH](=O)=O. The fraction of sp³-hybridized carbons (Fsp3) is 1.00. The molecule has 0 aromatic heterocycles. The zero-order valence-corrected chi connectivity index (χ0v) is 5.73. The van der Waals surface area contributed by atoms with E-state index in [1.54, 1.807) is 0 Å². The predicted molar refractivity (Wildman–Crippen MR) is 33.2 cm³/mol. The minimum atomic E-state index is -2.39. The molecular weight excluding hydrogens is 126 g/mol. The van der Waals surface area contributed by atoms with E-state index < -0.39 is 16.1 Å². The van der Waals surface area contributed by atoms with Crippen molar-refractivity contribution in [1.82, 2.24) is 0 Å². The topological polar surface area (TPSA) is 60.2 Å². The average molecular weight is 137 g/mol. The number of rotatable bonds is 3. The van der Waals surface area contributed by atoms with Crippen LogP contribution in [0.15, 0.2) is 0 Å². The van der Waals surface area contributed by atoms with Crippen LogP contribution in [0.4, 0.5) is 0 Å². The summed E-state index contributed by atoms with van der Waals surface area (Å²) < 4.78 is 20.0. The Hall–Kier alpha value is -0.0900. The molecule has 0 aliphatic heterocycles. The van der Waals surface area contributed by atoms with E-state index in [2.05, 4.69) is 0 Å². The largest absolute Gasteiger partial charge is 0.315 e. The highest BCUT2D eigenvalue weighted by Crippen LogP contribution is 1.91. The molecule has 1 atom stereocenters. The highest BCUT2D eigenvalue weighted by Gasteiger charge is 1.99. The Bertz CT molecular complexity index is 113. The molecule has 0 aromatic carbocycles. The van der Waals surface area contributed by atoms with Gasteiger partial charge in [-0.15, -0.1) is 0 Å². The zero-order valence-electron chi connectivity index (χ0n) is 4.83. The lowest BCUT2D eigenvalue weighted by atomic mass is 10.3. The summed E-state index contributed by atoms with van der Waals surface area (Å²) in [6.07, 6.45) is 1.39. The van der Waals surface area contributed by atoms with Crippen molar-refractivity contribution in [3.8, 4) is 0 Å². The molecule has 8 heavy (non-hydrogen) atoms. The van der Waals surface area contributed by atoms with E-state index in [0.717, 1.165) is 6.42 Å². The number of hydrogen-bond acceptors (Lipinski definition) is 3. The van der Waals surface area contributed by atoms with Crippen molar-refractivity contribution in [3.05, 3.63) is 0 Å². The van der Waals surface area contributed by atoms with Gasteiger partial charge < -0.3 is 5.73 Å². The second-order valence-electron chi connectivity index (χ2n) is 1.64. The van der Waals surface area contributed by atoms with E-state index in [1.807, 2.05) is 6.92 Å². The molecule has 0 rings (SSSR count). The van der Waals surface area contributed by atoms with Gasteiger partial charge in [0.2, 0.25) is 0 Å². The van der Waals surface area contributed by atoms with Crippen LogP contribution in [0.2, 0.25) is 0 Å². The quantitative estimate of drug-likeness (QED) is 0.524. The Morgan fingerprint density at radius 3 is 2.25 bits per heavy atom. The zero-order chi connectivity index (χ0) is 6.57. The maximum atomic E-state index is 10.0. The average Bonchev–Trinajstić information content (AvgIpc) is 1.67. The third-order valence-corrected chi connectivity index (χ3v) is 1.66. The highest BCUT2D eigenvalue weighted by atomic mass is 32.2. The molecule has 50 valence electrons. The molecule has 1 unspecified atom stereocenters. The Balaban J connectivity index is 3.48. The maximum absolute atomic E-state index is 10.0. The van der Waals surface area contributed by atoms with E-state index in [4.69, 9.17) is 5.73 Å². The molecule has 0 fully saturated rings. The van der Waals surface area contributed by atoms with Crippen LogP contribution in [0.5, 0.6) is 0 Å². The molecule has 4 heteroatoms. The predicted octanol–water partition coefficient (Wildman–Crippen LogP) is -0.317. The smallest absolute Gasteiger partial charge is 0.155 e. The summed E-state index contributed by atoms with van der Waals surface area (Å²) in [6.45, 7) is 1.90. The van der Waals surface area contributed by atoms with Crippen molar-refractivity contribution in [3.63, 3.8) is 0 Å². The molecule has 0 saturated carbocycles. The molecule has 0 aliphatic rings. The third-order valence-electron chi connectivity index (χ3n) is 0.855. The van der Waals surface area contributed by atoms with Crippen LogP contribution in [0, 0.1) is 0 Å². The molecule has 0 amide bonds. The van der Waals surface area contributed by atoms with E-state index in [1.165, 1.54) is 0 Å². The van der Waals surface area contributed by atoms with Crippen molar-refractivity contribution < 1.29 is 8.42 Å². The van der Waals surface area contributed by atoms with Gasteiger partial charge in [0.25, 0.3) is 0 Å². The van der Waals surface area contributed by atoms with Crippen LogP contribution in [-0.2, 0) is 10.7 Å². The Kier molecular flexibility index (Phi) is 3.81. The highest BCUT2D eigenvalue weighted by molar-refractivity contribution is 7.73. The fourth-order valence-corrected chi connectivity index (χ4v) is 0.870. The summed E-state index contributed by atoms with van der Waals surface area (Å²) in [4.78, 5) is 0. The summed E-state index contributed by atoms with van der Waals surface area (Å²) in [5.41, 5.74) is 5.13. The van der Waals surface area contributed by atoms with Gasteiger partial charge in [0, 0.05) is 0 Å². The van der Waals surface area contributed by atoms with Crippen molar-refractivity contribution >= 4 is 10.7 Å². The van der Waals surface area contributed by atoms with Gasteiger partial charge in [-0.3, -0.25) is 0 Å². The summed E-state index contributed by atoms with van der Waals surface area (Å²) in [6, 6.07) is 0. The Labute approximate surface area is 50.8 Å². The summed E-state index contributed by atoms with van der Waals surface area (Å²) in [5.74, 6) is 0. The molecule has 0 bridgehead atoms. The number of thiol groups is 1. The molecular formula is C4H11NO2S. The van der Waals surface area contributed by atoms with Crippen molar-refractivity contribution in [2.24, 2.45) is 5.73 Å². The molecule has 0 spiro atoms. The number of nitrogens with two attached hydrogens (primary N) is 1. The minimum Gasteiger partial charge on any atom is -0.315 e.